The summed E-state index contributed by atoms with van der Waals surface area (Å²) in [7, 11) is 0. The molecular formula is C17H18O3. The van der Waals surface area contributed by atoms with Gasteiger partial charge in [0.1, 0.15) is 17.2 Å². The Balaban J connectivity index is 2.51. The third-order valence-electron chi connectivity index (χ3n) is 3.53. The fraction of sp³-hybridized carbons (Fsp3) is 0.176. The zero-order valence-electron chi connectivity index (χ0n) is 11.8. The second kappa shape index (κ2) is 5.29. The number of phenolic OH excluding ortho intramolecular Hbond substituents is 3. The number of aryl methyl sites for hydroxylation is 1. The first-order valence-corrected chi connectivity index (χ1v) is 6.39. The Morgan fingerprint density at radius 1 is 0.750 bits per heavy atom. The lowest BCUT2D eigenvalue weighted by Crippen LogP contribution is -1.88. The molecule has 0 radical (unpaired) electrons. The van der Waals surface area contributed by atoms with Gasteiger partial charge in [0.15, 0.2) is 0 Å². The van der Waals surface area contributed by atoms with E-state index in [4.69, 9.17) is 0 Å². The Morgan fingerprint density at radius 2 is 1.30 bits per heavy atom. The fourth-order valence-corrected chi connectivity index (χ4v) is 2.13. The van der Waals surface area contributed by atoms with Gasteiger partial charge in [-0.3, -0.25) is 0 Å². The molecule has 2 aromatic carbocycles. The predicted molar refractivity (Wildman–Crippen MR) is 80.8 cm³/mol. The topological polar surface area (TPSA) is 60.7 Å². The van der Waals surface area contributed by atoms with Crippen LogP contribution in [0.2, 0.25) is 0 Å². The third-order valence-corrected chi connectivity index (χ3v) is 3.53. The first-order valence-electron chi connectivity index (χ1n) is 6.39. The van der Waals surface area contributed by atoms with Gasteiger partial charge in [0.25, 0.3) is 0 Å². The van der Waals surface area contributed by atoms with E-state index in [0.717, 1.165) is 27.8 Å². The second-order valence-corrected chi connectivity index (χ2v) is 4.99. The van der Waals surface area contributed by atoms with E-state index in [9.17, 15) is 15.3 Å². The molecule has 0 atom stereocenters. The van der Waals surface area contributed by atoms with Crippen LogP contribution in [0.4, 0.5) is 0 Å². The molecule has 0 spiro atoms. The highest BCUT2D eigenvalue weighted by atomic mass is 16.3. The summed E-state index contributed by atoms with van der Waals surface area (Å²) in [4.78, 5) is 0. The lowest BCUT2D eigenvalue weighted by molar-refractivity contribution is 0.450. The summed E-state index contributed by atoms with van der Waals surface area (Å²) in [5.41, 5.74) is 4.57. The molecular weight excluding hydrogens is 252 g/mol. The van der Waals surface area contributed by atoms with Gasteiger partial charge < -0.3 is 15.3 Å². The summed E-state index contributed by atoms with van der Waals surface area (Å²) in [5, 5.41) is 28.7. The highest BCUT2D eigenvalue weighted by molar-refractivity contribution is 5.89. The van der Waals surface area contributed by atoms with Crippen molar-refractivity contribution < 1.29 is 15.3 Å². The number of phenols is 3. The van der Waals surface area contributed by atoms with Crippen molar-refractivity contribution in [3.8, 4) is 17.2 Å². The van der Waals surface area contributed by atoms with Crippen molar-refractivity contribution in [2.75, 3.05) is 0 Å². The van der Waals surface area contributed by atoms with Crippen LogP contribution in [-0.2, 0) is 0 Å². The van der Waals surface area contributed by atoms with E-state index in [0.29, 0.717) is 0 Å². The van der Waals surface area contributed by atoms with Crippen molar-refractivity contribution in [1.82, 2.24) is 0 Å². The maximum absolute atomic E-state index is 9.57. The standard InChI is InChI=1S/C17H18O3/c1-10-6-13(4-5-17(10)20)11(2)12(3)14-7-15(18)9-16(19)8-14/h4-9,18-20H,1-3H3/b12-11+. The van der Waals surface area contributed by atoms with Crippen LogP contribution in [-0.4, -0.2) is 15.3 Å². The fourth-order valence-electron chi connectivity index (χ4n) is 2.13. The third kappa shape index (κ3) is 2.77. The van der Waals surface area contributed by atoms with Crippen molar-refractivity contribution in [2.24, 2.45) is 0 Å². The normalized spacial score (nSPS) is 12.2. The van der Waals surface area contributed by atoms with Gasteiger partial charge in [-0.1, -0.05) is 6.07 Å². The number of benzene rings is 2. The van der Waals surface area contributed by atoms with Crippen LogP contribution in [0.3, 0.4) is 0 Å². The van der Waals surface area contributed by atoms with Crippen molar-refractivity contribution in [2.45, 2.75) is 20.8 Å². The van der Waals surface area contributed by atoms with E-state index in [1.807, 2.05) is 32.9 Å². The lowest BCUT2D eigenvalue weighted by atomic mass is 9.95. The Labute approximate surface area is 118 Å². The van der Waals surface area contributed by atoms with Crippen LogP contribution in [0.1, 0.15) is 30.5 Å². The van der Waals surface area contributed by atoms with E-state index >= 15 is 0 Å². The SMILES string of the molecule is C/C(=C(/C)c1ccc(O)c(C)c1)c1cc(O)cc(O)c1. The summed E-state index contributed by atoms with van der Waals surface area (Å²) in [5.74, 6) is 0.345. The van der Waals surface area contributed by atoms with E-state index in [2.05, 4.69) is 0 Å². The van der Waals surface area contributed by atoms with E-state index in [1.54, 1.807) is 18.2 Å². The Kier molecular flexibility index (Phi) is 3.70. The Hall–Kier alpha value is -2.42. The van der Waals surface area contributed by atoms with E-state index in [-0.39, 0.29) is 17.2 Å². The van der Waals surface area contributed by atoms with Crippen molar-refractivity contribution in [3.05, 3.63) is 53.1 Å². The lowest BCUT2D eigenvalue weighted by Gasteiger charge is -2.11. The maximum atomic E-state index is 9.57. The van der Waals surface area contributed by atoms with Gasteiger partial charge in [0.05, 0.1) is 0 Å². The van der Waals surface area contributed by atoms with Crippen LogP contribution in [0, 0.1) is 6.92 Å². The summed E-state index contributed by atoms with van der Waals surface area (Å²) in [6.07, 6.45) is 0. The van der Waals surface area contributed by atoms with Crippen LogP contribution in [0.5, 0.6) is 17.2 Å². The minimum atomic E-state index is 0.0361. The molecule has 0 saturated heterocycles. The van der Waals surface area contributed by atoms with Crippen LogP contribution in [0.15, 0.2) is 36.4 Å². The van der Waals surface area contributed by atoms with Crippen LogP contribution in [0.25, 0.3) is 11.1 Å². The molecule has 0 aliphatic carbocycles. The van der Waals surface area contributed by atoms with Gasteiger partial charge in [-0.05, 0) is 72.9 Å². The second-order valence-electron chi connectivity index (χ2n) is 4.99. The smallest absolute Gasteiger partial charge is 0.119 e. The van der Waals surface area contributed by atoms with Gasteiger partial charge in [-0.2, -0.15) is 0 Å². The summed E-state index contributed by atoms with van der Waals surface area (Å²) < 4.78 is 0. The molecule has 0 aromatic heterocycles. The molecule has 20 heavy (non-hydrogen) atoms. The minimum Gasteiger partial charge on any atom is -0.508 e. The Morgan fingerprint density at radius 3 is 1.85 bits per heavy atom. The zero-order chi connectivity index (χ0) is 14.9. The molecule has 2 rings (SSSR count). The van der Waals surface area contributed by atoms with Crippen LogP contribution < -0.4 is 0 Å². The summed E-state index contributed by atoms with van der Waals surface area (Å²) in [6, 6.07) is 9.97. The molecule has 0 aliphatic heterocycles. The van der Waals surface area contributed by atoms with Crippen molar-refractivity contribution >= 4 is 11.1 Å². The number of rotatable bonds is 2. The highest BCUT2D eigenvalue weighted by Crippen LogP contribution is 2.31. The quantitative estimate of drug-likeness (QED) is 0.721. The molecule has 0 bridgehead atoms. The molecule has 0 heterocycles. The van der Waals surface area contributed by atoms with E-state index in [1.165, 1.54) is 6.07 Å². The largest absolute Gasteiger partial charge is 0.508 e. The average Bonchev–Trinajstić information content (AvgIpc) is 2.39. The molecule has 0 saturated carbocycles. The molecule has 3 N–H and O–H groups in total. The van der Waals surface area contributed by atoms with Crippen molar-refractivity contribution in [3.63, 3.8) is 0 Å². The van der Waals surface area contributed by atoms with Gasteiger partial charge in [-0.15, -0.1) is 0 Å². The number of hydrogen-bond donors (Lipinski definition) is 3. The first-order chi connectivity index (χ1) is 9.38. The predicted octanol–water partition coefficient (Wildman–Crippen LogP) is 4.06. The maximum Gasteiger partial charge on any atom is 0.119 e. The Bertz CT molecular complexity index is 664. The molecule has 0 fully saturated rings. The molecule has 104 valence electrons. The van der Waals surface area contributed by atoms with Gasteiger partial charge in [-0.25, -0.2) is 0 Å². The zero-order valence-corrected chi connectivity index (χ0v) is 11.8. The first kappa shape index (κ1) is 14.0. The van der Waals surface area contributed by atoms with Gasteiger partial charge in [0.2, 0.25) is 0 Å². The number of allylic oxidation sites excluding steroid dienone is 2. The highest BCUT2D eigenvalue weighted by Gasteiger charge is 2.07. The van der Waals surface area contributed by atoms with E-state index < -0.39 is 0 Å². The number of aromatic hydroxyl groups is 3. The molecule has 3 nitrogen and oxygen atoms in total. The average molecular weight is 270 g/mol. The van der Waals surface area contributed by atoms with Gasteiger partial charge >= 0.3 is 0 Å². The monoisotopic (exact) mass is 270 g/mol. The summed E-state index contributed by atoms with van der Waals surface area (Å²) in [6.45, 7) is 5.76. The molecule has 3 heteroatoms. The molecule has 0 aliphatic rings. The number of hydrogen-bond acceptors (Lipinski definition) is 3. The van der Waals surface area contributed by atoms with Gasteiger partial charge in [0, 0.05) is 6.07 Å². The molecule has 0 unspecified atom stereocenters. The van der Waals surface area contributed by atoms with Crippen LogP contribution >= 0.6 is 0 Å². The minimum absolute atomic E-state index is 0.0361. The molecule has 0 amide bonds. The molecule has 2 aromatic rings. The summed E-state index contributed by atoms with van der Waals surface area (Å²) >= 11 is 0. The van der Waals surface area contributed by atoms with Crippen molar-refractivity contribution in [1.29, 1.82) is 0 Å².